The number of rotatable bonds is 6. The van der Waals surface area contributed by atoms with E-state index in [2.05, 4.69) is 9.97 Å². The summed E-state index contributed by atoms with van der Waals surface area (Å²) >= 11 is 0. The Bertz CT molecular complexity index is 1810. The minimum Gasteiger partial charge on any atom is -0.488 e. The maximum Gasteiger partial charge on any atom is 0.264 e. The molecule has 6 rings (SSSR count). The second kappa shape index (κ2) is 9.96. The quantitative estimate of drug-likeness (QED) is 0.296. The van der Waals surface area contributed by atoms with E-state index in [1.807, 2.05) is 20.8 Å². The first-order valence-corrected chi connectivity index (χ1v) is 13.4. The van der Waals surface area contributed by atoms with Crippen LogP contribution in [0.2, 0.25) is 0 Å². The Morgan fingerprint density at radius 2 is 1.80 bits per heavy atom. The van der Waals surface area contributed by atoms with Crippen molar-refractivity contribution in [3.63, 3.8) is 0 Å². The van der Waals surface area contributed by atoms with E-state index >= 15 is 0 Å². The Labute approximate surface area is 228 Å². The third kappa shape index (κ3) is 4.25. The molecule has 9 nitrogen and oxygen atoms in total. The molecule has 3 heterocycles. The molecule has 0 saturated heterocycles. The number of benzene rings is 2. The number of nitrogens with zero attached hydrogens (tertiary/aromatic N) is 6. The van der Waals surface area contributed by atoms with Gasteiger partial charge < -0.3 is 10.5 Å². The van der Waals surface area contributed by atoms with Crippen molar-refractivity contribution >= 4 is 27.8 Å². The van der Waals surface area contributed by atoms with Gasteiger partial charge in [-0.05, 0) is 63.9 Å². The molecule has 0 radical (unpaired) electrons. The molecule has 1 aliphatic carbocycles. The van der Waals surface area contributed by atoms with E-state index in [1.54, 1.807) is 27.4 Å². The van der Waals surface area contributed by atoms with Gasteiger partial charge in [-0.2, -0.15) is 5.10 Å². The fourth-order valence-corrected chi connectivity index (χ4v) is 5.60. The van der Waals surface area contributed by atoms with Gasteiger partial charge in [0.05, 0.1) is 17.0 Å². The lowest BCUT2D eigenvalue weighted by molar-refractivity contribution is 0.231. The average molecular weight is 546 g/mol. The van der Waals surface area contributed by atoms with E-state index in [0.29, 0.717) is 28.1 Å². The van der Waals surface area contributed by atoms with Crippen molar-refractivity contribution in [2.75, 3.05) is 5.73 Å². The molecule has 206 valence electrons. The van der Waals surface area contributed by atoms with Crippen molar-refractivity contribution in [2.24, 2.45) is 0 Å². The summed E-state index contributed by atoms with van der Waals surface area (Å²) in [7, 11) is 0. The summed E-state index contributed by atoms with van der Waals surface area (Å²) in [6, 6.07) is 8.33. The first-order chi connectivity index (χ1) is 19.2. The zero-order valence-corrected chi connectivity index (χ0v) is 22.4. The number of anilines is 1. The minimum absolute atomic E-state index is 0.0258. The molecular weight excluding hydrogens is 516 g/mol. The van der Waals surface area contributed by atoms with Gasteiger partial charge >= 0.3 is 0 Å². The number of hydrogen-bond donors (Lipinski definition) is 1. The Kier molecular flexibility index (Phi) is 6.44. The summed E-state index contributed by atoms with van der Waals surface area (Å²) in [4.78, 5) is 27.1. The van der Waals surface area contributed by atoms with E-state index in [4.69, 9.17) is 20.6 Å². The van der Waals surface area contributed by atoms with Crippen molar-refractivity contribution in [1.82, 2.24) is 29.3 Å². The molecule has 2 aromatic carbocycles. The molecule has 1 fully saturated rings. The van der Waals surface area contributed by atoms with Crippen LogP contribution in [0.4, 0.5) is 14.6 Å². The van der Waals surface area contributed by atoms with Gasteiger partial charge in [-0.3, -0.25) is 9.36 Å². The van der Waals surface area contributed by atoms with Crippen molar-refractivity contribution in [3.05, 3.63) is 70.5 Å². The molecular formula is C29H29F2N7O2. The van der Waals surface area contributed by atoms with Crippen LogP contribution in [0.25, 0.3) is 33.2 Å². The Morgan fingerprint density at radius 3 is 2.52 bits per heavy atom. The molecule has 2 N–H and O–H groups in total. The first-order valence-electron chi connectivity index (χ1n) is 13.4. The van der Waals surface area contributed by atoms with Crippen LogP contribution >= 0.6 is 0 Å². The summed E-state index contributed by atoms with van der Waals surface area (Å²) in [5.74, 6) is -0.378. The normalized spacial score (nSPS) is 14.9. The number of nitrogens with two attached hydrogens (primary N) is 1. The highest BCUT2D eigenvalue weighted by atomic mass is 19.1. The second-order valence-corrected chi connectivity index (χ2v) is 10.5. The molecule has 40 heavy (non-hydrogen) atoms. The van der Waals surface area contributed by atoms with E-state index in [-0.39, 0.29) is 34.6 Å². The lowest BCUT2D eigenvalue weighted by atomic mass is 10.1. The van der Waals surface area contributed by atoms with Crippen molar-refractivity contribution < 1.29 is 13.5 Å². The standard InChI is InChI=1S/C29H29F2N7O2/c1-15(2)40-22-12-11-17(13-20(22)31)25-24-26(32)33-14-34-28(24)38(36-25)16(3)27-35-21-10-6-9-19(30)23(21)29(39)37(27)18-7-4-5-8-18/h6,9-16,18H,4-5,7-8H2,1-3H3,(H2,32,33,34). The second-order valence-electron chi connectivity index (χ2n) is 10.5. The van der Waals surface area contributed by atoms with E-state index in [9.17, 15) is 13.6 Å². The zero-order chi connectivity index (χ0) is 28.1. The number of aromatic nitrogens is 6. The van der Waals surface area contributed by atoms with E-state index < -0.39 is 23.2 Å². The Morgan fingerprint density at radius 1 is 1.02 bits per heavy atom. The number of ether oxygens (including phenoxy) is 1. The first kappa shape index (κ1) is 25.8. The average Bonchev–Trinajstić information content (AvgIpc) is 3.58. The maximum absolute atomic E-state index is 15.0. The van der Waals surface area contributed by atoms with Crippen LogP contribution in [0.5, 0.6) is 5.75 Å². The minimum atomic E-state index is -0.597. The molecule has 0 amide bonds. The molecule has 0 spiro atoms. The molecule has 11 heteroatoms. The van der Waals surface area contributed by atoms with Crippen LogP contribution in [0.3, 0.4) is 0 Å². The van der Waals surface area contributed by atoms with Crippen molar-refractivity contribution in [2.45, 2.75) is 64.6 Å². The molecule has 1 aliphatic rings. The monoisotopic (exact) mass is 545 g/mol. The Balaban J connectivity index is 1.56. The highest BCUT2D eigenvalue weighted by Crippen LogP contribution is 2.36. The van der Waals surface area contributed by atoms with Gasteiger partial charge in [-0.1, -0.05) is 18.9 Å². The van der Waals surface area contributed by atoms with Gasteiger partial charge in [0.1, 0.15) is 40.9 Å². The fraction of sp³-hybridized carbons (Fsp3) is 0.345. The number of hydrogen-bond acceptors (Lipinski definition) is 7. The molecule has 3 aromatic heterocycles. The fourth-order valence-electron chi connectivity index (χ4n) is 5.60. The number of halogens is 2. The zero-order valence-electron chi connectivity index (χ0n) is 22.4. The van der Waals surface area contributed by atoms with Gasteiger partial charge in [-0.25, -0.2) is 28.4 Å². The van der Waals surface area contributed by atoms with Crippen molar-refractivity contribution in [3.8, 4) is 17.0 Å². The van der Waals surface area contributed by atoms with Crippen LogP contribution in [0.1, 0.15) is 64.4 Å². The summed E-state index contributed by atoms with van der Waals surface area (Å²) < 4.78 is 38.6. The largest absolute Gasteiger partial charge is 0.488 e. The van der Waals surface area contributed by atoms with E-state index in [1.165, 1.54) is 24.5 Å². The van der Waals surface area contributed by atoms with Gasteiger partial charge in [0.25, 0.3) is 5.56 Å². The molecule has 1 saturated carbocycles. The van der Waals surface area contributed by atoms with Crippen LogP contribution < -0.4 is 16.0 Å². The van der Waals surface area contributed by atoms with Crippen LogP contribution in [0.15, 0.2) is 47.5 Å². The third-order valence-corrected chi connectivity index (χ3v) is 7.42. The third-order valence-electron chi connectivity index (χ3n) is 7.42. The molecule has 1 unspecified atom stereocenters. The molecule has 0 aliphatic heterocycles. The summed E-state index contributed by atoms with van der Waals surface area (Å²) in [6.07, 6.45) is 4.68. The smallest absolute Gasteiger partial charge is 0.264 e. The highest BCUT2D eigenvalue weighted by molar-refractivity contribution is 5.98. The lowest BCUT2D eigenvalue weighted by Gasteiger charge is -2.23. The molecule has 0 bridgehead atoms. The van der Waals surface area contributed by atoms with Crippen molar-refractivity contribution in [1.29, 1.82) is 0 Å². The highest BCUT2D eigenvalue weighted by Gasteiger charge is 2.29. The lowest BCUT2D eigenvalue weighted by Crippen LogP contribution is -2.31. The molecule has 1 atom stereocenters. The van der Waals surface area contributed by atoms with Crippen LogP contribution in [0, 0.1) is 11.6 Å². The number of nitrogen functional groups attached to an aromatic ring is 1. The summed E-state index contributed by atoms with van der Waals surface area (Å²) in [5.41, 5.74) is 7.41. The predicted molar refractivity (Wildman–Crippen MR) is 148 cm³/mol. The maximum atomic E-state index is 15.0. The van der Waals surface area contributed by atoms with Gasteiger partial charge in [0.15, 0.2) is 17.2 Å². The topological polar surface area (TPSA) is 114 Å². The van der Waals surface area contributed by atoms with E-state index in [0.717, 1.165) is 25.7 Å². The predicted octanol–water partition coefficient (Wildman–Crippen LogP) is 5.58. The van der Waals surface area contributed by atoms with Crippen LogP contribution in [-0.4, -0.2) is 35.4 Å². The van der Waals surface area contributed by atoms with Gasteiger partial charge in [-0.15, -0.1) is 0 Å². The summed E-state index contributed by atoms with van der Waals surface area (Å²) in [6.45, 7) is 5.50. The van der Waals surface area contributed by atoms with Gasteiger partial charge in [0, 0.05) is 11.6 Å². The van der Waals surface area contributed by atoms with Crippen LogP contribution in [-0.2, 0) is 0 Å². The number of fused-ring (bicyclic) bond motifs is 2. The van der Waals surface area contributed by atoms with Gasteiger partial charge in [0.2, 0.25) is 0 Å². The summed E-state index contributed by atoms with van der Waals surface area (Å²) in [5, 5.41) is 5.25. The Hall–Kier alpha value is -4.41. The SMILES string of the molecule is CC(C)Oc1ccc(-c2nn(C(C)c3nc4cccc(F)c4c(=O)n3C3CCCC3)c3ncnc(N)c23)cc1F. The molecule has 5 aromatic rings.